The molecular weight excluding hydrogens is 286 g/mol. The summed E-state index contributed by atoms with van der Waals surface area (Å²) in [6, 6.07) is 21.5. The Morgan fingerprint density at radius 3 is 2.57 bits per heavy atom. The van der Waals surface area contributed by atoms with Crippen molar-refractivity contribution < 1.29 is 9.21 Å². The predicted molar refractivity (Wildman–Crippen MR) is 92.9 cm³/mol. The molecule has 4 rings (SSSR count). The molecule has 0 aliphatic carbocycles. The van der Waals surface area contributed by atoms with Gasteiger partial charge in [0.1, 0.15) is 5.58 Å². The summed E-state index contributed by atoms with van der Waals surface area (Å²) in [5, 5.41) is 6.08. The van der Waals surface area contributed by atoms with E-state index in [0.29, 0.717) is 5.76 Å². The van der Waals surface area contributed by atoms with Crippen molar-refractivity contribution in [3.63, 3.8) is 0 Å². The number of aryl methyl sites for hydroxylation is 1. The van der Waals surface area contributed by atoms with Crippen molar-refractivity contribution in [3.05, 3.63) is 78.1 Å². The van der Waals surface area contributed by atoms with Crippen LogP contribution in [0.5, 0.6) is 0 Å². The lowest BCUT2D eigenvalue weighted by molar-refractivity contribution is 0.0998. The van der Waals surface area contributed by atoms with Crippen molar-refractivity contribution >= 4 is 33.3 Å². The summed E-state index contributed by atoms with van der Waals surface area (Å²) in [7, 11) is 0. The summed E-state index contributed by atoms with van der Waals surface area (Å²) in [4.78, 5) is 12.5. The summed E-state index contributed by atoms with van der Waals surface area (Å²) >= 11 is 0. The van der Waals surface area contributed by atoms with Gasteiger partial charge in [-0.3, -0.25) is 4.79 Å². The fraction of sp³-hybridized carbons (Fsp3) is 0.0500. The number of para-hydroxylation sites is 1. The highest BCUT2D eigenvalue weighted by Gasteiger charge is 2.14. The number of hydrogen-bond acceptors (Lipinski definition) is 2. The number of furan rings is 1. The van der Waals surface area contributed by atoms with Crippen LogP contribution in [0.2, 0.25) is 0 Å². The first kappa shape index (κ1) is 13.6. The van der Waals surface area contributed by atoms with Crippen molar-refractivity contribution in [1.29, 1.82) is 0 Å². The van der Waals surface area contributed by atoms with Gasteiger partial charge in [0.05, 0.1) is 0 Å². The molecule has 3 nitrogen and oxygen atoms in total. The minimum Gasteiger partial charge on any atom is -0.451 e. The molecule has 112 valence electrons. The third-order valence-electron chi connectivity index (χ3n) is 4.04. The first-order valence-electron chi connectivity index (χ1n) is 7.51. The standard InChI is InChI=1S/C20H15NO2/c1-13-6-2-5-9-17(13)21-20(22)19-12-16-15-8-4-3-7-14(15)10-11-18(16)23-19/h2-12H,1H3,(H,21,22). The average molecular weight is 301 g/mol. The lowest BCUT2D eigenvalue weighted by Crippen LogP contribution is -2.11. The van der Waals surface area contributed by atoms with Crippen molar-refractivity contribution in [1.82, 2.24) is 0 Å². The van der Waals surface area contributed by atoms with Crippen LogP contribution in [0.3, 0.4) is 0 Å². The van der Waals surface area contributed by atoms with E-state index in [0.717, 1.165) is 33.0 Å². The van der Waals surface area contributed by atoms with Crippen LogP contribution in [0, 0.1) is 6.92 Å². The fourth-order valence-electron chi connectivity index (χ4n) is 2.80. The van der Waals surface area contributed by atoms with Crippen LogP contribution in [-0.2, 0) is 0 Å². The maximum atomic E-state index is 12.5. The Balaban J connectivity index is 1.76. The molecule has 0 aliphatic rings. The molecule has 1 N–H and O–H groups in total. The molecule has 0 saturated heterocycles. The lowest BCUT2D eigenvalue weighted by Gasteiger charge is -2.05. The van der Waals surface area contributed by atoms with Crippen LogP contribution in [0.15, 0.2) is 71.1 Å². The molecule has 1 aromatic heterocycles. The van der Waals surface area contributed by atoms with Crippen molar-refractivity contribution in [2.24, 2.45) is 0 Å². The van der Waals surface area contributed by atoms with Crippen LogP contribution in [0.4, 0.5) is 5.69 Å². The highest BCUT2D eigenvalue weighted by molar-refractivity contribution is 6.10. The van der Waals surface area contributed by atoms with Gasteiger partial charge >= 0.3 is 0 Å². The molecule has 0 unspecified atom stereocenters. The van der Waals surface area contributed by atoms with Gasteiger partial charge in [-0.15, -0.1) is 0 Å². The summed E-state index contributed by atoms with van der Waals surface area (Å²) < 4.78 is 5.74. The molecule has 0 aliphatic heterocycles. The topological polar surface area (TPSA) is 42.2 Å². The summed E-state index contributed by atoms with van der Waals surface area (Å²) in [6.07, 6.45) is 0. The van der Waals surface area contributed by atoms with E-state index in [2.05, 4.69) is 11.4 Å². The van der Waals surface area contributed by atoms with Gasteiger partial charge in [0, 0.05) is 11.1 Å². The highest BCUT2D eigenvalue weighted by atomic mass is 16.3. The minimum atomic E-state index is -0.236. The lowest BCUT2D eigenvalue weighted by atomic mass is 10.1. The van der Waals surface area contributed by atoms with Gasteiger partial charge in [0.2, 0.25) is 0 Å². The van der Waals surface area contributed by atoms with E-state index in [1.807, 2.05) is 67.6 Å². The number of fused-ring (bicyclic) bond motifs is 3. The van der Waals surface area contributed by atoms with E-state index < -0.39 is 0 Å². The Kier molecular flexibility index (Phi) is 3.12. The van der Waals surface area contributed by atoms with Crippen LogP contribution in [0.25, 0.3) is 21.7 Å². The summed E-state index contributed by atoms with van der Waals surface area (Å²) in [5.74, 6) is 0.0826. The highest BCUT2D eigenvalue weighted by Crippen LogP contribution is 2.28. The number of anilines is 1. The molecule has 3 aromatic carbocycles. The summed E-state index contributed by atoms with van der Waals surface area (Å²) in [5.41, 5.74) is 2.53. The minimum absolute atomic E-state index is 0.236. The first-order valence-corrected chi connectivity index (χ1v) is 7.51. The molecule has 3 heteroatoms. The third kappa shape index (κ3) is 2.36. The number of nitrogens with one attached hydrogen (secondary N) is 1. The monoisotopic (exact) mass is 301 g/mol. The van der Waals surface area contributed by atoms with E-state index >= 15 is 0 Å². The smallest absolute Gasteiger partial charge is 0.291 e. The quantitative estimate of drug-likeness (QED) is 0.556. The van der Waals surface area contributed by atoms with E-state index in [1.165, 1.54) is 0 Å². The molecule has 0 spiro atoms. The van der Waals surface area contributed by atoms with Gasteiger partial charge < -0.3 is 9.73 Å². The zero-order valence-corrected chi connectivity index (χ0v) is 12.7. The van der Waals surface area contributed by atoms with Gasteiger partial charge in [-0.1, -0.05) is 48.5 Å². The Morgan fingerprint density at radius 1 is 0.913 bits per heavy atom. The van der Waals surface area contributed by atoms with Crippen molar-refractivity contribution in [2.45, 2.75) is 6.92 Å². The number of benzene rings is 3. The molecule has 0 atom stereocenters. The Hall–Kier alpha value is -3.07. The largest absolute Gasteiger partial charge is 0.451 e. The Bertz CT molecular complexity index is 1030. The number of hydrogen-bond donors (Lipinski definition) is 1. The summed E-state index contributed by atoms with van der Waals surface area (Å²) in [6.45, 7) is 1.96. The second-order valence-corrected chi connectivity index (χ2v) is 5.58. The maximum absolute atomic E-state index is 12.5. The molecule has 0 saturated carbocycles. The number of amides is 1. The number of carbonyl (C=O) groups excluding carboxylic acids is 1. The maximum Gasteiger partial charge on any atom is 0.291 e. The predicted octanol–water partition coefficient (Wildman–Crippen LogP) is 5.15. The molecular formula is C20H15NO2. The molecule has 4 aromatic rings. The zero-order valence-electron chi connectivity index (χ0n) is 12.7. The zero-order chi connectivity index (χ0) is 15.8. The first-order chi connectivity index (χ1) is 11.2. The van der Waals surface area contributed by atoms with E-state index in [-0.39, 0.29) is 5.91 Å². The molecule has 0 radical (unpaired) electrons. The second-order valence-electron chi connectivity index (χ2n) is 5.58. The van der Waals surface area contributed by atoms with Gasteiger partial charge in [-0.25, -0.2) is 0 Å². The SMILES string of the molecule is Cc1ccccc1NC(=O)c1cc2c(ccc3ccccc32)o1. The van der Waals surface area contributed by atoms with Crippen LogP contribution in [0.1, 0.15) is 16.1 Å². The van der Waals surface area contributed by atoms with E-state index in [4.69, 9.17) is 4.42 Å². The number of rotatable bonds is 2. The van der Waals surface area contributed by atoms with Gasteiger partial charge in [-0.05, 0) is 41.5 Å². The Labute approximate surface area is 133 Å². The average Bonchev–Trinajstić information content (AvgIpc) is 3.02. The number of carbonyl (C=O) groups is 1. The molecule has 1 amide bonds. The third-order valence-corrected chi connectivity index (χ3v) is 4.04. The van der Waals surface area contributed by atoms with Crippen LogP contribution in [-0.4, -0.2) is 5.91 Å². The van der Waals surface area contributed by atoms with Gasteiger partial charge in [0.25, 0.3) is 5.91 Å². The van der Waals surface area contributed by atoms with E-state index in [9.17, 15) is 4.79 Å². The molecule has 23 heavy (non-hydrogen) atoms. The second kappa shape index (κ2) is 5.29. The fourth-order valence-corrected chi connectivity index (χ4v) is 2.80. The van der Waals surface area contributed by atoms with Crippen molar-refractivity contribution in [3.8, 4) is 0 Å². The molecule has 1 heterocycles. The van der Waals surface area contributed by atoms with Gasteiger partial charge in [0.15, 0.2) is 5.76 Å². The van der Waals surface area contributed by atoms with E-state index in [1.54, 1.807) is 0 Å². The van der Waals surface area contributed by atoms with Crippen LogP contribution < -0.4 is 5.32 Å². The van der Waals surface area contributed by atoms with Gasteiger partial charge in [-0.2, -0.15) is 0 Å². The van der Waals surface area contributed by atoms with Crippen LogP contribution >= 0.6 is 0 Å². The normalized spacial score (nSPS) is 11.0. The molecule has 0 bridgehead atoms. The molecule has 0 fully saturated rings. The van der Waals surface area contributed by atoms with Crippen molar-refractivity contribution in [2.75, 3.05) is 5.32 Å². The Morgan fingerprint density at radius 2 is 1.70 bits per heavy atom.